The molecule has 6 nitrogen and oxygen atoms in total. The SMILES string of the molecule is CC/C=C\C/C=C\C/C=C\C/C=C\C/C=C\C/C=C\C/C=C\C/C=C\C/C=C\CCCCCCCCCC(=O)OCC(COC(=O)CCCCCCCCCC)OC(=O)CC/C=C\C/C=C\C/C=C\C/C=C\C/C=C\C/C=C\CC. The van der Waals surface area contributed by atoms with Gasteiger partial charge in [0.05, 0.1) is 0 Å². The summed E-state index contributed by atoms with van der Waals surface area (Å²) in [6, 6.07) is 0. The quantitative estimate of drug-likeness (QED) is 0.0261. The summed E-state index contributed by atoms with van der Waals surface area (Å²) < 4.78 is 16.7. The van der Waals surface area contributed by atoms with Crippen LogP contribution in [0.25, 0.3) is 0 Å². The van der Waals surface area contributed by atoms with Crippen LogP contribution < -0.4 is 0 Å². The zero-order valence-electron chi connectivity index (χ0n) is 51.0. The maximum Gasteiger partial charge on any atom is 0.306 e. The molecule has 6 heteroatoms. The Morgan fingerprint density at radius 3 is 0.812 bits per heavy atom. The molecule has 1 atom stereocenters. The second-order valence-electron chi connectivity index (χ2n) is 20.2. The molecule has 80 heavy (non-hydrogen) atoms. The largest absolute Gasteiger partial charge is 0.462 e. The number of rotatable bonds is 55. The van der Waals surface area contributed by atoms with Crippen molar-refractivity contribution in [1.29, 1.82) is 0 Å². The van der Waals surface area contributed by atoms with Crippen LogP contribution in [0.2, 0.25) is 0 Å². The van der Waals surface area contributed by atoms with E-state index < -0.39 is 12.1 Å². The smallest absolute Gasteiger partial charge is 0.306 e. The molecule has 0 aromatic carbocycles. The highest BCUT2D eigenvalue weighted by Gasteiger charge is 2.19. The number of carbonyl (C=O) groups excluding carboxylic acids is 3. The van der Waals surface area contributed by atoms with E-state index in [1.54, 1.807) is 0 Å². The molecular formula is C74H114O6. The third-order valence-electron chi connectivity index (χ3n) is 12.7. The van der Waals surface area contributed by atoms with E-state index in [1.807, 2.05) is 12.2 Å². The molecule has 0 rings (SSSR count). The molecule has 0 heterocycles. The average Bonchev–Trinajstić information content (AvgIpc) is 3.46. The summed E-state index contributed by atoms with van der Waals surface area (Å²) in [5, 5.41) is 0. The Labute approximate surface area is 491 Å². The molecule has 0 radical (unpaired) electrons. The molecule has 0 aliphatic heterocycles. The van der Waals surface area contributed by atoms with Crippen LogP contribution in [0, 0.1) is 0 Å². The van der Waals surface area contributed by atoms with E-state index in [9.17, 15) is 14.4 Å². The van der Waals surface area contributed by atoms with Crippen molar-refractivity contribution in [1.82, 2.24) is 0 Å². The summed E-state index contributed by atoms with van der Waals surface area (Å²) in [4.78, 5) is 38.1. The van der Waals surface area contributed by atoms with Gasteiger partial charge in [0.1, 0.15) is 13.2 Å². The number of hydrogen-bond acceptors (Lipinski definition) is 6. The third-order valence-corrected chi connectivity index (χ3v) is 12.7. The first-order valence-corrected chi connectivity index (χ1v) is 31.8. The van der Waals surface area contributed by atoms with E-state index in [0.717, 1.165) is 148 Å². The van der Waals surface area contributed by atoms with Crippen LogP contribution >= 0.6 is 0 Å². The fourth-order valence-corrected chi connectivity index (χ4v) is 7.99. The number of ether oxygens (including phenoxy) is 3. The van der Waals surface area contributed by atoms with Crippen LogP contribution in [-0.2, 0) is 28.6 Å². The van der Waals surface area contributed by atoms with Crippen molar-refractivity contribution in [2.24, 2.45) is 0 Å². The Hall–Kier alpha value is -5.49. The topological polar surface area (TPSA) is 78.9 Å². The minimum atomic E-state index is -0.830. The third kappa shape index (κ3) is 63.3. The highest BCUT2D eigenvalue weighted by Crippen LogP contribution is 2.13. The lowest BCUT2D eigenvalue weighted by molar-refractivity contribution is -0.166. The Bertz CT molecular complexity index is 1890. The molecule has 0 amide bonds. The van der Waals surface area contributed by atoms with Gasteiger partial charge in [-0.2, -0.15) is 0 Å². The predicted octanol–water partition coefficient (Wildman–Crippen LogP) is 22.0. The number of allylic oxidation sites excluding steroid dienone is 30. The van der Waals surface area contributed by atoms with E-state index in [0.29, 0.717) is 19.3 Å². The van der Waals surface area contributed by atoms with Crippen molar-refractivity contribution in [3.8, 4) is 0 Å². The van der Waals surface area contributed by atoms with Crippen molar-refractivity contribution in [2.45, 2.75) is 252 Å². The first kappa shape index (κ1) is 74.5. The first-order chi connectivity index (χ1) is 39.5. The highest BCUT2D eigenvalue weighted by molar-refractivity contribution is 5.71. The van der Waals surface area contributed by atoms with Gasteiger partial charge in [-0.15, -0.1) is 0 Å². The molecule has 0 bridgehead atoms. The minimum Gasteiger partial charge on any atom is -0.462 e. The predicted molar refractivity (Wildman–Crippen MR) is 348 cm³/mol. The summed E-state index contributed by atoms with van der Waals surface area (Å²) in [6.45, 7) is 6.29. The van der Waals surface area contributed by atoms with Gasteiger partial charge in [0.15, 0.2) is 6.10 Å². The van der Waals surface area contributed by atoms with Gasteiger partial charge in [-0.3, -0.25) is 14.4 Å². The summed E-state index contributed by atoms with van der Waals surface area (Å²) in [6.07, 6.45) is 99.3. The minimum absolute atomic E-state index is 0.118. The molecule has 446 valence electrons. The number of carbonyl (C=O) groups is 3. The fraction of sp³-hybridized carbons (Fsp3) is 0.554. The van der Waals surface area contributed by atoms with Crippen LogP contribution in [0.15, 0.2) is 182 Å². The van der Waals surface area contributed by atoms with E-state index in [-0.39, 0.29) is 31.6 Å². The van der Waals surface area contributed by atoms with Crippen LogP contribution in [0.3, 0.4) is 0 Å². The second kappa shape index (κ2) is 66.0. The van der Waals surface area contributed by atoms with Gasteiger partial charge in [0, 0.05) is 19.3 Å². The molecule has 0 spiro atoms. The molecule has 0 aromatic rings. The van der Waals surface area contributed by atoms with Gasteiger partial charge in [-0.1, -0.05) is 280 Å². The molecule has 0 fully saturated rings. The lowest BCUT2D eigenvalue weighted by Crippen LogP contribution is -2.30. The fourth-order valence-electron chi connectivity index (χ4n) is 7.99. The van der Waals surface area contributed by atoms with Crippen molar-refractivity contribution in [2.75, 3.05) is 13.2 Å². The van der Waals surface area contributed by atoms with Gasteiger partial charge in [0.2, 0.25) is 0 Å². The molecule has 1 unspecified atom stereocenters. The number of unbranched alkanes of at least 4 members (excludes halogenated alkanes) is 14. The molecular weight excluding hydrogens is 985 g/mol. The molecule has 0 aromatic heterocycles. The number of hydrogen-bond donors (Lipinski definition) is 0. The summed E-state index contributed by atoms with van der Waals surface area (Å²) in [5.74, 6) is -1.03. The second-order valence-corrected chi connectivity index (χ2v) is 20.2. The standard InChI is InChI=1S/C74H114O6/c1-4-7-10-13-16-19-21-23-25-27-29-30-31-32-33-34-35-36-37-38-39-40-41-42-43-44-46-47-49-51-53-55-58-61-64-67-73(76)79-70-71(69-78-72(75)66-63-60-57-18-15-12-9-6-3)80-74(77)68-65-62-59-56-54-52-50-48-45-28-26-24-22-20-17-14-11-8-5-2/h7-8,10-11,16-17,19-20,23-26,29-30,32-33,35-36,38-39,41-42,44-46,48,52,54,59,62,71H,4-6,9,12-15,18,21-22,27-28,31,34,37,40,43,47,49-51,53,55-58,60-61,63-70H2,1-3H3/b10-7-,11-8-,19-16-,20-17-,25-23-,26-24-,30-29-,33-32-,36-35-,39-38-,42-41-,46-44-,48-45-,54-52-,62-59-. The van der Waals surface area contributed by atoms with Crippen LogP contribution in [0.1, 0.15) is 245 Å². The summed E-state index contributed by atoms with van der Waals surface area (Å²) in [7, 11) is 0. The van der Waals surface area contributed by atoms with Gasteiger partial charge in [0.25, 0.3) is 0 Å². The number of esters is 3. The Morgan fingerprint density at radius 1 is 0.263 bits per heavy atom. The van der Waals surface area contributed by atoms with Gasteiger partial charge >= 0.3 is 17.9 Å². The lowest BCUT2D eigenvalue weighted by atomic mass is 10.1. The molecule has 0 N–H and O–H groups in total. The van der Waals surface area contributed by atoms with Gasteiger partial charge in [-0.25, -0.2) is 0 Å². The molecule has 0 saturated heterocycles. The Balaban J connectivity index is 4.29. The van der Waals surface area contributed by atoms with Crippen molar-refractivity contribution < 1.29 is 28.6 Å². The normalized spacial score (nSPS) is 13.4. The Morgan fingerprint density at radius 2 is 0.512 bits per heavy atom. The first-order valence-electron chi connectivity index (χ1n) is 31.8. The van der Waals surface area contributed by atoms with Crippen molar-refractivity contribution >= 4 is 17.9 Å². The molecule has 0 aliphatic rings. The highest BCUT2D eigenvalue weighted by atomic mass is 16.6. The summed E-state index contributed by atoms with van der Waals surface area (Å²) >= 11 is 0. The van der Waals surface area contributed by atoms with Crippen molar-refractivity contribution in [3.63, 3.8) is 0 Å². The van der Waals surface area contributed by atoms with Crippen molar-refractivity contribution in [3.05, 3.63) is 182 Å². The summed E-state index contributed by atoms with van der Waals surface area (Å²) in [5.41, 5.74) is 0. The molecule has 0 saturated carbocycles. The van der Waals surface area contributed by atoms with E-state index in [4.69, 9.17) is 14.2 Å². The van der Waals surface area contributed by atoms with E-state index in [1.165, 1.54) is 51.4 Å². The van der Waals surface area contributed by atoms with Gasteiger partial charge in [-0.05, 0) is 128 Å². The average molecular weight is 1100 g/mol. The zero-order chi connectivity index (χ0) is 57.8. The van der Waals surface area contributed by atoms with E-state index >= 15 is 0 Å². The maximum atomic E-state index is 12.8. The van der Waals surface area contributed by atoms with Crippen LogP contribution in [0.4, 0.5) is 0 Å². The monoisotopic (exact) mass is 1100 g/mol. The van der Waals surface area contributed by atoms with Crippen LogP contribution in [-0.4, -0.2) is 37.2 Å². The molecule has 0 aliphatic carbocycles. The van der Waals surface area contributed by atoms with E-state index in [2.05, 4.69) is 191 Å². The van der Waals surface area contributed by atoms with Crippen LogP contribution in [0.5, 0.6) is 0 Å². The van der Waals surface area contributed by atoms with Gasteiger partial charge < -0.3 is 14.2 Å². The maximum absolute atomic E-state index is 12.8. The lowest BCUT2D eigenvalue weighted by Gasteiger charge is -2.18. The Kier molecular flexibility index (Phi) is 61.5. The zero-order valence-corrected chi connectivity index (χ0v) is 51.0.